The molecule has 1 amide bonds. The van der Waals surface area contributed by atoms with E-state index in [1.54, 1.807) is 23.6 Å². The zero-order valence-electron chi connectivity index (χ0n) is 11.6. The minimum absolute atomic E-state index is 0.0541. The van der Waals surface area contributed by atoms with Crippen molar-refractivity contribution in [2.24, 2.45) is 10.9 Å². The summed E-state index contributed by atoms with van der Waals surface area (Å²) >= 11 is 1.28. The Labute approximate surface area is 125 Å². The van der Waals surface area contributed by atoms with Crippen molar-refractivity contribution in [2.45, 2.75) is 6.92 Å². The first-order valence-electron chi connectivity index (χ1n) is 6.08. The zero-order chi connectivity index (χ0) is 15.4. The van der Waals surface area contributed by atoms with Crippen LogP contribution in [-0.2, 0) is 0 Å². The SMILES string of the molecule is COc1ccsc1C(=O)Nc1cccc(C)c1/C(N)=N/O. The maximum Gasteiger partial charge on any atom is 0.269 e. The third-order valence-electron chi connectivity index (χ3n) is 2.94. The Morgan fingerprint density at radius 2 is 2.19 bits per heavy atom. The number of thiophene rings is 1. The van der Waals surface area contributed by atoms with Gasteiger partial charge in [-0.15, -0.1) is 11.3 Å². The molecule has 21 heavy (non-hydrogen) atoms. The van der Waals surface area contributed by atoms with Crippen LogP contribution in [-0.4, -0.2) is 24.1 Å². The second kappa shape index (κ2) is 6.27. The van der Waals surface area contributed by atoms with Gasteiger partial charge in [-0.3, -0.25) is 4.79 Å². The zero-order valence-corrected chi connectivity index (χ0v) is 12.4. The van der Waals surface area contributed by atoms with Crippen LogP contribution in [0.1, 0.15) is 20.8 Å². The van der Waals surface area contributed by atoms with Crippen molar-refractivity contribution >= 4 is 28.8 Å². The van der Waals surface area contributed by atoms with E-state index in [-0.39, 0.29) is 11.7 Å². The van der Waals surface area contributed by atoms with Gasteiger partial charge >= 0.3 is 0 Å². The topological polar surface area (TPSA) is 96.9 Å². The number of aryl methyl sites for hydroxylation is 1. The third-order valence-corrected chi connectivity index (χ3v) is 3.83. The molecule has 0 aliphatic rings. The van der Waals surface area contributed by atoms with E-state index in [0.717, 1.165) is 5.56 Å². The van der Waals surface area contributed by atoms with Crippen molar-refractivity contribution in [2.75, 3.05) is 12.4 Å². The molecule has 0 spiro atoms. The summed E-state index contributed by atoms with van der Waals surface area (Å²) in [7, 11) is 1.51. The number of methoxy groups -OCH3 is 1. The number of carbonyl (C=O) groups excluding carboxylic acids is 1. The molecule has 110 valence electrons. The lowest BCUT2D eigenvalue weighted by Crippen LogP contribution is -2.20. The number of nitrogens with two attached hydrogens (primary N) is 1. The van der Waals surface area contributed by atoms with Gasteiger partial charge in [-0.2, -0.15) is 0 Å². The standard InChI is InChI=1S/C14H15N3O3S/c1-8-4-3-5-9(11(8)13(15)17-19)16-14(18)12-10(20-2)6-7-21-12/h3-7,19H,1-2H3,(H2,15,17)(H,16,18). The lowest BCUT2D eigenvalue weighted by atomic mass is 10.1. The van der Waals surface area contributed by atoms with Crippen molar-refractivity contribution in [3.8, 4) is 5.75 Å². The number of rotatable bonds is 4. The summed E-state index contributed by atoms with van der Waals surface area (Å²) in [6.07, 6.45) is 0. The lowest BCUT2D eigenvalue weighted by molar-refractivity contribution is 0.102. The largest absolute Gasteiger partial charge is 0.495 e. The van der Waals surface area contributed by atoms with Gasteiger partial charge in [0.05, 0.1) is 12.8 Å². The van der Waals surface area contributed by atoms with Crippen LogP contribution in [0.4, 0.5) is 5.69 Å². The van der Waals surface area contributed by atoms with Crippen LogP contribution in [0.3, 0.4) is 0 Å². The summed E-state index contributed by atoms with van der Waals surface area (Å²) in [6, 6.07) is 7.01. The predicted octanol–water partition coefficient (Wildman–Crippen LogP) is 2.41. The Bertz CT molecular complexity index is 695. The van der Waals surface area contributed by atoms with E-state index in [2.05, 4.69) is 10.5 Å². The molecule has 0 atom stereocenters. The van der Waals surface area contributed by atoms with E-state index >= 15 is 0 Å². The highest BCUT2D eigenvalue weighted by atomic mass is 32.1. The Kier molecular flexibility index (Phi) is 4.44. The second-order valence-electron chi connectivity index (χ2n) is 4.25. The molecule has 0 saturated carbocycles. The molecule has 2 rings (SSSR count). The predicted molar refractivity (Wildman–Crippen MR) is 82.5 cm³/mol. The molecule has 0 saturated heterocycles. The van der Waals surface area contributed by atoms with Gasteiger partial charge in [0, 0.05) is 5.56 Å². The fourth-order valence-electron chi connectivity index (χ4n) is 1.96. The van der Waals surface area contributed by atoms with Gasteiger partial charge in [0.1, 0.15) is 10.6 Å². The number of benzene rings is 1. The van der Waals surface area contributed by atoms with Crippen LogP contribution in [0.15, 0.2) is 34.8 Å². The van der Waals surface area contributed by atoms with E-state index in [0.29, 0.717) is 21.9 Å². The number of hydrogen-bond donors (Lipinski definition) is 3. The average Bonchev–Trinajstić information content (AvgIpc) is 2.95. The fourth-order valence-corrected chi connectivity index (χ4v) is 2.72. The highest BCUT2D eigenvalue weighted by molar-refractivity contribution is 7.12. The monoisotopic (exact) mass is 305 g/mol. The van der Waals surface area contributed by atoms with Crippen molar-refractivity contribution in [1.29, 1.82) is 0 Å². The molecule has 7 heteroatoms. The molecule has 1 aromatic heterocycles. The first-order chi connectivity index (χ1) is 10.1. The number of amides is 1. The molecule has 0 bridgehead atoms. The van der Waals surface area contributed by atoms with Gasteiger partial charge in [-0.25, -0.2) is 0 Å². The van der Waals surface area contributed by atoms with Crippen molar-refractivity contribution in [3.05, 3.63) is 45.6 Å². The lowest BCUT2D eigenvalue weighted by Gasteiger charge is -2.12. The normalized spacial score (nSPS) is 11.2. The van der Waals surface area contributed by atoms with Crippen molar-refractivity contribution < 1.29 is 14.7 Å². The number of amidine groups is 1. The minimum Gasteiger partial charge on any atom is -0.495 e. The number of ether oxygens (including phenoxy) is 1. The van der Waals surface area contributed by atoms with E-state index in [1.807, 2.05) is 13.0 Å². The molecule has 0 aliphatic carbocycles. The number of nitrogens with zero attached hydrogens (tertiary/aromatic N) is 1. The quantitative estimate of drug-likeness (QED) is 0.350. The maximum atomic E-state index is 12.3. The first kappa shape index (κ1) is 14.9. The molecule has 4 N–H and O–H groups in total. The molecule has 0 unspecified atom stereocenters. The van der Waals surface area contributed by atoms with Crippen LogP contribution >= 0.6 is 11.3 Å². The number of nitrogens with one attached hydrogen (secondary N) is 1. The van der Waals surface area contributed by atoms with Crippen LogP contribution in [0.2, 0.25) is 0 Å². The molecular formula is C14H15N3O3S. The van der Waals surface area contributed by atoms with Gasteiger partial charge in [-0.05, 0) is 30.0 Å². The summed E-state index contributed by atoms with van der Waals surface area (Å²) in [5.41, 5.74) is 7.43. The van der Waals surface area contributed by atoms with E-state index in [1.165, 1.54) is 18.4 Å². The Balaban J connectivity index is 2.36. The Morgan fingerprint density at radius 1 is 1.43 bits per heavy atom. The molecule has 6 nitrogen and oxygen atoms in total. The Morgan fingerprint density at radius 3 is 2.86 bits per heavy atom. The molecule has 0 radical (unpaired) electrons. The Hall–Kier alpha value is -2.54. The fraction of sp³-hybridized carbons (Fsp3) is 0.143. The van der Waals surface area contributed by atoms with Crippen LogP contribution < -0.4 is 15.8 Å². The van der Waals surface area contributed by atoms with Gasteiger partial charge in [-0.1, -0.05) is 17.3 Å². The highest BCUT2D eigenvalue weighted by Gasteiger charge is 2.17. The van der Waals surface area contributed by atoms with Crippen LogP contribution in [0.25, 0.3) is 0 Å². The summed E-state index contributed by atoms with van der Waals surface area (Å²) in [5.74, 6) is 0.150. The van der Waals surface area contributed by atoms with Crippen molar-refractivity contribution in [1.82, 2.24) is 0 Å². The van der Waals surface area contributed by atoms with Crippen LogP contribution in [0, 0.1) is 6.92 Å². The number of carbonyl (C=O) groups is 1. The molecular weight excluding hydrogens is 290 g/mol. The number of oxime groups is 1. The summed E-state index contributed by atoms with van der Waals surface area (Å²) in [4.78, 5) is 12.8. The summed E-state index contributed by atoms with van der Waals surface area (Å²) < 4.78 is 5.13. The van der Waals surface area contributed by atoms with Gasteiger partial charge in [0.15, 0.2) is 5.84 Å². The first-order valence-corrected chi connectivity index (χ1v) is 6.96. The minimum atomic E-state index is -0.306. The molecule has 2 aromatic rings. The third kappa shape index (κ3) is 2.97. The van der Waals surface area contributed by atoms with E-state index in [4.69, 9.17) is 15.7 Å². The number of hydrogen-bond acceptors (Lipinski definition) is 5. The van der Waals surface area contributed by atoms with E-state index < -0.39 is 0 Å². The molecule has 1 aromatic carbocycles. The van der Waals surface area contributed by atoms with E-state index in [9.17, 15) is 4.79 Å². The maximum absolute atomic E-state index is 12.3. The molecule has 0 aliphatic heterocycles. The second-order valence-corrected chi connectivity index (χ2v) is 5.17. The average molecular weight is 305 g/mol. The summed E-state index contributed by atoms with van der Waals surface area (Å²) in [6.45, 7) is 1.81. The number of anilines is 1. The van der Waals surface area contributed by atoms with Gasteiger partial charge < -0.3 is 21.0 Å². The van der Waals surface area contributed by atoms with Gasteiger partial charge in [0.25, 0.3) is 5.91 Å². The van der Waals surface area contributed by atoms with Crippen LogP contribution in [0.5, 0.6) is 5.75 Å². The van der Waals surface area contributed by atoms with Gasteiger partial charge in [0.2, 0.25) is 0 Å². The molecule has 1 heterocycles. The summed E-state index contributed by atoms with van der Waals surface area (Å²) in [5, 5.41) is 16.4. The van der Waals surface area contributed by atoms with Crippen molar-refractivity contribution in [3.63, 3.8) is 0 Å². The highest BCUT2D eigenvalue weighted by Crippen LogP contribution is 2.27. The molecule has 0 fully saturated rings. The smallest absolute Gasteiger partial charge is 0.269 e.